The number of aromatic nitrogens is 1. The van der Waals surface area contributed by atoms with E-state index in [0.29, 0.717) is 5.89 Å². The van der Waals surface area contributed by atoms with Crippen molar-refractivity contribution in [3.63, 3.8) is 0 Å². The van der Waals surface area contributed by atoms with Gasteiger partial charge in [-0.25, -0.2) is 4.98 Å². The van der Waals surface area contributed by atoms with Gasteiger partial charge in [0.25, 0.3) is 0 Å². The lowest BCUT2D eigenvalue weighted by atomic mass is 10.1. The molecule has 0 aliphatic rings. The van der Waals surface area contributed by atoms with Crippen LogP contribution < -0.4 is 9.80 Å². The van der Waals surface area contributed by atoms with E-state index in [0.717, 1.165) is 35.8 Å². The Labute approximate surface area is 149 Å². The van der Waals surface area contributed by atoms with Crippen LogP contribution in [-0.4, -0.2) is 32.2 Å². The first kappa shape index (κ1) is 17.1. The van der Waals surface area contributed by atoms with E-state index in [4.69, 9.17) is 9.40 Å². The smallest absolute Gasteiger partial charge is 0.229 e. The second-order valence-electron chi connectivity index (χ2n) is 6.15. The van der Waals surface area contributed by atoms with Crippen molar-refractivity contribution in [2.75, 3.05) is 37.0 Å². The standard InChI is InChI=1S/C21H25N3O/c1-5-24(6-2)18-14-12-17(13-15-18)20-22-19(21(25-20)23(3)4)16-10-8-7-9-11-16/h7-15H,5-6H2,1-4H3. The highest BCUT2D eigenvalue weighted by molar-refractivity contribution is 5.74. The molecule has 0 amide bonds. The molecule has 25 heavy (non-hydrogen) atoms. The maximum atomic E-state index is 6.07. The molecule has 0 bridgehead atoms. The zero-order valence-electron chi connectivity index (χ0n) is 15.4. The maximum absolute atomic E-state index is 6.07. The van der Waals surface area contributed by atoms with Crippen molar-refractivity contribution in [2.24, 2.45) is 0 Å². The Morgan fingerprint density at radius 1 is 0.840 bits per heavy atom. The number of anilines is 2. The molecule has 0 radical (unpaired) electrons. The van der Waals surface area contributed by atoms with Crippen LogP contribution in [0.15, 0.2) is 59.0 Å². The summed E-state index contributed by atoms with van der Waals surface area (Å²) < 4.78 is 6.07. The van der Waals surface area contributed by atoms with Crippen LogP contribution in [0, 0.1) is 0 Å². The fourth-order valence-corrected chi connectivity index (χ4v) is 2.93. The molecule has 0 unspecified atom stereocenters. The largest absolute Gasteiger partial charge is 0.420 e. The average Bonchev–Trinajstić information content (AvgIpc) is 3.10. The van der Waals surface area contributed by atoms with E-state index in [2.05, 4.69) is 55.1 Å². The van der Waals surface area contributed by atoms with Crippen molar-refractivity contribution in [3.05, 3.63) is 54.6 Å². The van der Waals surface area contributed by atoms with Crippen LogP contribution >= 0.6 is 0 Å². The molecule has 1 heterocycles. The Balaban J connectivity index is 1.98. The van der Waals surface area contributed by atoms with Crippen LogP contribution in [0.3, 0.4) is 0 Å². The first-order chi connectivity index (χ1) is 12.1. The first-order valence-corrected chi connectivity index (χ1v) is 8.73. The molecule has 0 saturated heterocycles. The molecule has 3 aromatic rings. The number of rotatable bonds is 6. The van der Waals surface area contributed by atoms with Gasteiger partial charge in [0, 0.05) is 44.0 Å². The summed E-state index contributed by atoms with van der Waals surface area (Å²) in [5.41, 5.74) is 4.13. The summed E-state index contributed by atoms with van der Waals surface area (Å²) in [7, 11) is 3.94. The van der Waals surface area contributed by atoms with Crippen molar-refractivity contribution < 1.29 is 4.42 Å². The Morgan fingerprint density at radius 3 is 2.04 bits per heavy atom. The quantitative estimate of drug-likeness (QED) is 0.640. The van der Waals surface area contributed by atoms with Crippen LogP contribution in [0.25, 0.3) is 22.7 Å². The van der Waals surface area contributed by atoms with Crippen molar-refractivity contribution in [2.45, 2.75) is 13.8 Å². The minimum atomic E-state index is 0.647. The minimum Gasteiger partial charge on any atom is -0.420 e. The van der Waals surface area contributed by atoms with Gasteiger partial charge < -0.3 is 14.2 Å². The van der Waals surface area contributed by atoms with Gasteiger partial charge in [-0.15, -0.1) is 0 Å². The highest BCUT2D eigenvalue weighted by Gasteiger charge is 2.18. The van der Waals surface area contributed by atoms with E-state index in [-0.39, 0.29) is 0 Å². The molecule has 0 saturated carbocycles. The Morgan fingerprint density at radius 2 is 1.48 bits per heavy atom. The lowest BCUT2D eigenvalue weighted by Crippen LogP contribution is -2.21. The average molecular weight is 335 g/mol. The number of hydrogen-bond donors (Lipinski definition) is 0. The third kappa shape index (κ3) is 3.53. The summed E-state index contributed by atoms with van der Waals surface area (Å²) in [6.07, 6.45) is 0. The molecule has 0 fully saturated rings. The summed E-state index contributed by atoms with van der Waals surface area (Å²) in [4.78, 5) is 9.05. The summed E-state index contributed by atoms with van der Waals surface area (Å²) in [5.74, 6) is 1.42. The van der Waals surface area contributed by atoms with Gasteiger partial charge in [0.15, 0.2) is 0 Å². The predicted octanol–water partition coefficient (Wildman–Crippen LogP) is 4.92. The minimum absolute atomic E-state index is 0.647. The van der Waals surface area contributed by atoms with Gasteiger partial charge in [-0.3, -0.25) is 0 Å². The number of hydrogen-bond acceptors (Lipinski definition) is 4. The van der Waals surface area contributed by atoms with Crippen LogP contribution in [0.5, 0.6) is 0 Å². The van der Waals surface area contributed by atoms with Gasteiger partial charge >= 0.3 is 0 Å². The first-order valence-electron chi connectivity index (χ1n) is 8.73. The van der Waals surface area contributed by atoms with Gasteiger partial charge in [-0.2, -0.15) is 0 Å². The molecule has 0 atom stereocenters. The van der Waals surface area contributed by atoms with Crippen molar-refractivity contribution >= 4 is 11.6 Å². The molecule has 130 valence electrons. The fraction of sp³-hybridized carbons (Fsp3) is 0.286. The maximum Gasteiger partial charge on any atom is 0.229 e. The third-order valence-electron chi connectivity index (χ3n) is 4.31. The van der Waals surface area contributed by atoms with E-state index < -0.39 is 0 Å². The topological polar surface area (TPSA) is 32.5 Å². The molecule has 4 heteroatoms. The van der Waals surface area contributed by atoms with E-state index in [9.17, 15) is 0 Å². The normalized spacial score (nSPS) is 10.7. The lowest BCUT2D eigenvalue weighted by molar-refractivity contribution is 0.572. The van der Waals surface area contributed by atoms with Crippen LogP contribution in [0.2, 0.25) is 0 Å². The molecule has 0 aliphatic heterocycles. The number of benzene rings is 2. The van der Waals surface area contributed by atoms with Crippen molar-refractivity contribution in [1.82, 2.24) is 4.98 Å². The molecule has 2 aromatic carbocycles. The highest BCUT2D eigenvalue weighted by atomic mass is 16.4. The second-order valence-corrected chi connectivity index (χ2v) is 6.15. The molecular formula is C21H25N3O. The lowest BCUT2D eigenvalue weighted by Gasteiger charge is -2.20. The van der Waals surface area contributed by atoms with Crippen LogP contribution in [0.4, 0.5) is 11.6 Å². The molecule has 4 nitrogen and oxygen atoms in total. The third-order valence-corrected chi connectivity index (χ3v) is 4.31. The van der Waals surface area contributed by atoms with E-state index >= 15 is 0 Å². The number of nitrogens with zero attached hydrogens (tertiary/aromatic N) is 3. The zero-order chi connectivity index (χ0) is 17.8. The van der Waals surface area contributed by atoms with Gasteiger partial charge in [-0.05, 0) is 38.1 Å². The summed E-state index contributed by atoms with van der Waals surface area (Å²) in [5, 5.41) is 0. The summed E-state index contributed by atoms with van der Waals surface area (Å²) >= 11 is 0. The Bertz CT molecular complexity index is 803. The van der Waals surface area contributed by atoms with E-state index in [1.54, 1.807) is 0 Å². The molecular weight excluding hydrogens is 310 g/mol. The molecule has 0 spiro atoms. The van der Waals surface area contributed by atoms with Crippen LogP contribution in [-0.2, 0) is 0 Å². The molecule has 0 aliphatic carbocycles. The van der Waals surface area contributed by atoms with Crippen molar-refractivity contribution in [3.8, 4) is 22.7 Å². The molecule has 0 N–H and O–H groups in total. The van der Waals surface area contributed by atoms with Gasteiger partial charge in [0.2, 0.25) is 11.8 Å². The van der Waals surface area contributed by atoms with Gasteiger partial charge in [-0.1, -0.05) is 30.3 Å². The van der Waals surface area contributed by atoms with Crippen molar-refractivity contribution in [1.29, 1.82) is 0 Å². The highest BCUT2D eigenvalue weighted by Crippen LogP contribution is 2.34. The second kappa shape index (κ2) is 7.43. The molecule has 1 aromatic heterocycles. The van der Waals surface area contributed by atoms with E-state index in [1.165, 1.54) is 5.69 Å². The fourth-order valence-electron chi connectivity index (χ4n) is 2.93. The van der Waals surface area contributed by atoms with Gasteiger partial charge in [0.1, 0.15) is 5.69 Å². The van der Waals surface area contributed by atoms with E-state index in [1.807, 2.05) is 37.2 Å². The number of oxazole rings is 1. The van der Waals surface area contributed by atoms with Gasteiger partial charge in [0.05, 0.1) is 0 Å². The summed E-state index contributed by atoms with van der Waals surface area (Å²) in [6, 6.07) is 18.6. The Kier molecular flexibility index (Phi) is 5.08. The zero-order valence-corrected chi connectivity index (χ0v) is 15.4. The monoisotopic (exact) mass is 335 g/mol. The summed E-state index contributed by atoms with van der Waals surface area (Å²) in [6.45, 7) is 6.33. The Hall–Kier alpha value is -2.75. The molecule has 3 rings (SSSR count). The SMILES string of the molecule is CCN(CC)c1ccc(-c2nc(-c3ccccc3)c(N(C)C)o2)cc1. The van der Waals surface area contributed by atoms with Crippen LogP contribution in [0.1, 0.15) is 13.8 Å². The predicted molar refractivity (Wildman–Crippen MR) is 105 cm³/mol.